The van der Waals surface area contributed by atoms with E-state index in [4.69, 9.17) is 0 Å². The van der Waals surface area contributed by atoms with Crippen molar-refractivity contribution >= 4 is 16.8 Å². The number of carbonyl (C=O) groups excluding carboxylic acids is 1. The predicted octanol–water partition coefficient (Wildman–Crippen LogP) is 2.20. The number of amides is 1. The van der Waals surface area contributed by atoms with Gasteiger partial charge in [0.2, 0.25) is 5.91 Å². The number of fused-ring (bicyclic) bond motifs is 1. The molecule has 0 spiro atoms. The molecule has 1 aliphatic carbocycles. The van der Waals surface area contributed by atoms with E-state index in [1.807, 2.05) is 6.20 Å². The van der Waals surface area contributed by atoms with E-state index < -0.39 is 0 Å². The molecule has 116 valence electrons. The third kappa shape index (κ3) is 2.50. The number of aromatic amines is 1. The number of H-pyrrole nitrogens is 1. The molecule has 0 bridgehead atoms. The second-order valence-electron chi connectivity index (χ2n) is 6.36. The predicted molar refractivity (Wildman–Crippen MR) is 83.1 cm³/mol. The summed E-state index contributed by atoms with van der Waals surface area (Å²) in [6, 6.07) is 5.44. The topological polar surface area (TPSA) is 48.1 Å². The number of halogens is 1. The van der Waals surface area contributed by atoms with E-state index in [1.54, 1.807) is 6.07 Å². The van der Waals surface area contributed by atoms with Gasteiger partial charge in [0.25, 0.3) is 0 Å². The van der Waals surface area contributed by atoms with Gasteiger partial charge in [-0.2, -0.15) is 0 Å². The molecular formula is C17H20FN3O. The quantitative estimate of drug-likeness (QED) is 0.909. The maximum absolute atomic E-state index is 13.3. The number of aromatic nitrogens is 1. The van der Waals surface area contributed by atoms with Gasteiger partial charge in [0.15, 0.2) is 0 Å². The van der Waals surface area contributed by atoms with Crippen molar-refractivity contribution in [1.29, 1.82) is 0 Å². The lowest BCUT2D eigenvalue weighted by Gasteiger charge is -2.28. The molecule has 1 unspecified atom stereocenters. The Morgan fingerprint density at radius 1 is 1.27 bits per heavy atom. The second kappa shape index (κ2) is 5.39. The van der Waals surface area contributed by atoms with Gasteiger partial charge in [0.1, 0.15) is 5.82 Å². The summed E-state index contributed by atoms with van der Waals surface area (Å²) in [5, 5.41) is 4.28. The summed E-state index contributed by atoms with van der Waals surface area (Å²) in [7, 11) is 0. The number of hydrogen-bond acceptors (Lipinski definition) is 2. The Kier molecular flexibility index (Phi) is 3.37. The number of hydrogen-bond donors (Lipinski definition) is 2. The van der Waals surface area contributed by atoms with Crippen molar-refractivity contribution < 1.29 is 9.18 Å². The van der Waals surface area contributed by atoms with Gasteiger partial charge in [-0.05, 0) is 49.6 Å². The molecule has 1 aromatic carbocycles. The molecule has 1 aliphatic heterocycles. The van der Waals surface area contributed by atoms with Crippen molar-refractivity contribution in [3.8, 4) is 0 Å². The minimum absolute atomic E-state index is 0.196. The molecule has 1 saturated carbocycles. The molecule has 1 amide bonds. The molecular weight excluding hydrogens is 281 g/mol. The normalized spacial score (nSPS) is 21.4. The summed E-state index contributed by atoms with van der Waals surface area (Å²) in [6.45, 7) is 1.90. The molecule has 2 fully saturated rings. The van der Waals surface area contributed by atoms with Crippen LogP contribution < -0.4 is 5.32 Å². The fourth-order valence-corrected chi connectivity index (χ4v) is 3.49. The van der Waals surface area contributed by atoms with Crippen LogP contribution in [0.15, 0.2) is 24.4 Å². The largest absolute Gasteiger partial charge is 0.361 e. The summed E-state index contributed by atoms with van der Waals surface area (Å²) < 4.78 is 13.3. The lowest BCUT2D eigenvalue weighted by Crippen LogP contribution is -2.43. The summed E-state index contributed by atoms with van der Waals surface area (Å²) in [5.41, 5.74) is 1.71. The van der Waals surface area contributed by atoms with E-state index >= 15 is 0 Å². The molecule has 2 heterocycles. The highest BCUT2D eigenvalue weighted by Crippen LogP contribution is 2.31. The van der Waals surface area contributed by atoms with Gasteiger partial charge in [0, 0.05) is 35.7 Å². The monoisotopic (exact) mass is 301 g/mol. The zero-order valence-electron chi connectivity index (χ0n) is 12.4. The Bertz CT molecular complexity index is 701. The van der Waals surface area contributed by atoms with Crippen LogP contribution in [-0.2, 0) is 11.2 Å². The summed E-state index contributed by atoms with van der Waals surface area (Å²) in [6.07, 6.45) is 5.52. The van der Waals surface area contributed by atoms with E-state index in [0.717, 1.165) is 48.8 Å². The first-order valence-electron chi connectivity index (χ1n) is 8.00. The van der Waals surface area contributed by atoms with Crippen molar-refractivity contribution in [2.45, 2.75) is 37.8 Å². The first kappa shape index (κ1) is 13.8. The maximum Gasteiger partial charge on any atom is 0.227 e. The summed E-state index contributed by atoms with van der Waals surface area (Å²) in [5.74, 6) is -0.0645. The Balaban J connectivity index is 1.56. The van der Waals surface area contributed by atoms with Crippen LogP contribution in [0.2, 0.25) is 0 Å². The number of nitrogens with one attached hydrogen (secondary N) is 2. The van der Waals surface area contributed by atoms with Gasteiger partial charge in [-0.3, -0.25) is 4.79 Å². The fraction of sp³-hybridized carbons (Fsp3) is 0.471. The van der Waals surface area contributed by atoms with Crippen LogP contribution in [0.4, 0.5) is 4.39 Å². The van der Waals surface area contributed by atoms with E-state index in [0.29, 0.717) is 18.5 Å². The number of rotatable bonds is 4. The van der Waals surface area contributed by atoms with E-state index in [2.05, 4.69) is 15.2 Å². The Morgan fingerprint density at radius 2 is 2.14 bits per heavy atom. The van der Waals surface area contributed by atoms with Crippen molar-refractivity contribution in [3.05, 3.63) is 35.8 Å². The zero-order valence-corrected chi connectivity index (χ0v) is 12.4. The molecule has 0 radical (unpaired) electrons. The average molecular weight is 301 g/mol. The van der Waals surface area contributed by atoms with Gasteiger partial charge in [-0.25, -0.2) is 4.39 Å². The highest BCUT2D eigenvalue weighted by molar-refractivity contribution is 5.89. The summed E-state index contributed by atoms with van der Waals surface area (Å²) >= 11 is 0. The Morgan fingerprint density at radius 3 is 2.86 bits per heavy atom. The van der Waals surface area contributed by atoms with Crippen LogP contribution in [0.25, 0.3) is 10.9 Å². The van der Waals surface area contributed by atoms with Crippen LogP contribution in [-0.4, -0.2) is 41.0 Å². The molecule has 1 atom stereocenters. The van der Waals surface area contributed by atoms with Gasteiger partial charge in [0.05, 0.1) is 6.42 Å². The van der Waals surface area contributed by atoms with Crippen molar-refractivity contribution in [1.82, 2.24) is 15.2 Å². The highest BCUT2D eigenvalue weighted by Gasteiger charge is 2.38. The third-order valence-corrected chi connectivity index (χ3v) is 4.73. The SMILES string of the molecule is O=C(Cc1c[nH]c2cc(F)ccc12)N(C1CC1)C1CCNC1. The minimum atomic E-state index is -0.260. The number of nitrogens with zero attached hydrogens (tertiary/aromatic N) is 1. The highest BCUT2D eigenvalue weighted by atomic mass is 19.1. The first-order chi connectivity index (χ1) is 10.7. The van der Waals surface area contributed by atoms with Crippen LogP contribution in [0.5, 0.6) is 0 Å². The smallest absolute Gasteiger partial charge is 0.227 e. The number of carbonyl (C=O) groups is 1. The van der Waals surface area contributed by atoms with E-state index in [1.165, 1.54) is 12.1 Å². The fourth-order valence-electron chi connectivity index (χ4n) is 3.49. The van der Waals surface area contributed by atoms with Crippen molar-refractivity contribution in [2.75, 3.05) is 13.1 Å². The van der Waals surface area contributed by atoms with Crippen molar-refractivity contribution in [2.24, 2.45) is 0 Å². The molecule has 1 saturated heterocycles. The van der Waals surface area contributed by atoms with Crippen LogP contribution in [0.1, 0.15) is 24.8 Å². The molecule has 22 heavy (non-hydrogen) atoms. The average Bonchev–Trinajstić information content (AvgIpc) is 3.03. The molecule has 5 heteroatoms. The lowest BCUT2D eigenvalue weighted by molar-refractivity contribution is -0.133. The first-order valence-corrected chi connectivity index (χ1v) is 8.00. The molecule has 4 rings (SSSR count). The molecule has 2 aliphatic rings. The maximum atomic E-state index is 13.3. The summed E-state index contributed by atoms with van der Waals surface area (Å²) in [4.78, 5) is 18.0. The Hall–Kier alpha value is -1.88. The van der Waals surface area contributed by atoms with Gasteiger partial charge >= 0.3 is 0 Å². The minimum Gasteiger partial charge on any atom is -0.361 e. The van der Waals surface area contributed by atoms with E-state index in [-0.39, 0.29) is 11.7 Å². The van der Waals surface area contributed by atoms with E-state index in [9.17, 15) is 9.18 Å². The van der Waals surface area contributed by atoms with Crippen LogP contribution >= 0.6 is 0 Å². The van der Waals surface area contributed by atoms with Gasteiger partial charge < -0.3 is 15.2 Å². The Labute approximate surface area is 128 Å². The van der Waals surface area contributed by atoms with Crippen LogP contribution in [0.3, 0.4) is 0 Å². The zero-order chi connectivity index (χ0) is 15.1. The lowest BCUT2D eigenvalue weighted by atomic mass is 10.1. The van der Waals surface area contributed by atoms with Gasteiger partial charge in [-0.1, -0.05) is 0 Å². The number of benzene rings is 1. The molecule has 1 aromatic heterocycles. The van der Waals surface area contributed by atoms with Crippen LogP contribution in [0, 0.1) is 5.82 Å². The standard InChI is InChI=1S/C17H20FN3O/c18-12-1-4-15-11(9-20-16(15)8-12)7-17(22)21(13-2-3-13)14-5-6-19-10-14/h1,4,8-9,13-14,19-20H,2-3,5-7,10H2. The molecule has 2 N–H and O–H groups in total. The van der Waals surface area contributed by atoms with Gasteiger partial charge in [-0.15, -0.1) is 0 Å². The van der Waals surface area contributed by atoms with Crippen molar-refractivity contribution in [3.63, 3.8) is 0 Å². The molecule has 2 aromatic rings. The third-order valence-electron chi connectivity index (χ3n) is 4.73. The molecule has 4 nitrogen and oxygen atoms in total. The second-order valence-corrected chi connectivity index (χ2v) is 6.36.